The molecule has 0 saturated carbocycles. The molecular weight excluding hydrogens is 238 g/mol. The van der Waals surface area contributed by atoms with Crippen LogP contribution in [0.1, 0.15) is 39.5 Å². The van der Waals surface area contributed by atoms with Crippen molar-refractivity contribution in [1.82, 2.24) is 15.1 Å². The second-order valence-corrected chi connectivity index (χ2v) is 6.01. The SMILES string of the molecule is CCCN(CCC)C(=O)CN1CCC2NCCC2C1. The van der Waals surface area contributed by atoms with Gasteiger partial charge >= 0.3 is 0 Å². The van der Waals surface area contributed by atoms with Crippen LogP contribution in [0, 0.1) is 5.92 Å². The van der Waals surface area contributed by atoms with Gasteiger partial charge in [-0.1, -0.05) is 13.8 Å². The summed E-state index contributed by atoms with van der Waals surface area (Å²) in [6.07, 6.45) is 4.60. The summed E-state index contributed by atoms with van der Waals surface area (Å²) in [6.45, 7) is 10.1. The van der Waals surface area contributed by atoms with E-state index in [0.29, 0.717) is 18.5 Å². The molecule has 2 aliphatic heterocycles. The summed E-state index contributed by atoms with van der Waals surface area (Å²) in [4.78, 5) is 16.8. The monoisotopic (exact) mass is 267 g/mol. The number of hydrogen-bond donors (Lipinski definition) is 1. The fraction of sp³-hybridized carbons (Fsp3) is 0.933. The largest absolute Gasteiger partial charge is 0.342 e. The third kappa shape index (κ3) is 3.93. The fourth-order valence-electron chi connectivity index (χ4n) is 3.46. The standard InChI is InChI=1S/C15H29N3O/c1-3-8-18(9-4-2)15(19)12-17-10-6-14-13(11-17)5-7-16-14/h13-14,16H,3-12H2,1-2H3. The molecule has 2 rings (SSSR count). The van der Waals surface area contributed by atoms with Gasteiger partial charge in [-0.25, -0.2) is 0 Å². The van der Waals surface area contributed by atoms with E-state index in [0.717, 1.165) is 51.5 Å². The molecule has 0 aromatic carbocycles. The molecule has 0 radical (unpaired) electrons. The lowest BCUT2D eigenvalue weighted by molar-refractivity contribution is -0.133. The molecule has 2 heterocycles. The predicted molar refractivity (Wildman–Crippen MR) is 78.1 cm³/mol. The Morgan fingerprint density at radius 3 is 2.68 bits per heavy atom. The van der Waals surface area contributed by atoms with Gasteiger partial charge in [0, 0.05) is 32.2 Å². The highest BCUT2D eigenvalue weighted by molar-refractivity contribution is 5.78. The molecule has 0 spiro atoms. The lowest BCUT2D eigenvalue weighted by atomic mass is 9.93. The molecule has 4 nitrogen and oxygen atoms in total. The first-order chi connectivity index (χ1) is 9.24. The van der Waals surface area contributed by atoms with Gasteiger partial charge in [0.05, 0.1) is 6.54 Å². The van der Waals surface area contributed by atoms with Crippen LogP contribution in [0.15, 0.2) is 0 Å². The maximum atomic E-state index is 12.4. The zero-order valence-corrected chi connectivity index (χ0v) is 12.5. The van der Waals surface area contributed by atoms with Crippen LogP contribution in [0.25, 0.3) is 0 Å². The Labute approximate surface area is 117 Å². The van der Waals surface area contributed by atoms with E-state index in [9.17, 15) is 4.79 Å². The predicted octanol–water partition coefficient (Wildman–Crippen LogP) is 1.32. The van der Waals surface area contributed by atoms with Gasteiger partial charge < -0.3 is 10.2 Å². The molecule has 2 atom stereocenters. The highest BCUT2D eigenvalue weighted by Gasteiger charge is 2.33. The average molecular weight is 267 g/mol. The fourth-order valence-corrected chi connectivity index (χ4v) is 3.46. The van der Waals surface area contributed by atoms with Crippen molar-refractivity contribution in [1.29, 1.82) is 0 Å². The molecule has 0 bridgehead atoms. The number of fused-ring (bicyclic) bond motifs is 1. The van der Waals surface area contributed by atoms with E-state index < -0.39 is 0 Å². The van der Waals surface area contributed by atoms with E-state index in [1.165, 1.54) is 12.8 Å². The minimum Gasteiger partial charge on any atom is -0.342 e. The minimum atomic E-state index is 0.327. The summed E-state index contributed by atoms with van der Waals surface area (Å²) < 4.78 is 0. The van der Waals surface area contributed by atoms with Gasteiger partial charge in [0.1, 0.15) is 0 Å². The third-order valence-corrected chi connectivity index (χ3v) is 4.44. The number of carbonyl (C=O) groups excluding carboxylic acids is 1. The van der Waals surface area contributed by atoms with Crippen molar-refractivity contribution in [3.8, 4) is 0 Å². The van der Waals surface area contributed by atoms with Crippen LogP contribution in [0.5, 0.6) is 0 Å². The number of rotatable bonds is 6. The van der Waals surface area contributed by atoms with E-state index in [2.05, 4.69) is 24.1 Å². The van der Waals surface area contributed by atoms with Gasteiger partial charge in [0.25, 0.3) is 0 Å². The number of hydrogen-bond acceptors (Lipinski definition) is 3. The molecule has 0 aliphatic carbocycles. The van der Waals surface area contributed by atoms with Crippen molar-refractivity contribution in [2.24, 2.45) is 5.92 Å². The Hall–Kier alpha value is -0.610. The molecule has 19 heavy (non-hydrogen) atoms. The van der Waals surface area contributed by atoms with Crippen LogP contribution >= 0.6 is 0 Å². The Kier molecular flexibility index (Phi) is 5.64. The van der Waals surface area contributed by atoms with Crippen molar-refractivity contribution in [3.63, 3.8) is 0 Å². The number of carbonyl (C=O) groups is 1. The molecule has 2 unspecified atom stereocenters. The Morgan fingerprint density at radius 2 is 2.00 bits per heavy atom. The lowest BCUT2D eigenvalue weighted by Gasteiger charge is -2.35. The van der Waals surface area contributed by atoms with Gasteiger partial charge in [-0.2, -0.15) is 0 Å². The van der Waals surface area contributed by atoms with Crippen LogP contribution in [0.3, 0.4) is 0 Å². The summed E-state index contributed by atoms with van der Waals surface area (Å²) in [5.41, 5.74) is 0. The van der Waals surface area contributed by atoms with E-state index in [1.54, 1.807) is 0 Å². The van der Waals surface area contributed by atoms with Crippen LogP contribution in [0.4, 0.5) is 0 Å². The van der Waals surface area contributed by atoms with Gasteiger partial charge in [0.2, 0.25) is 5.91 Å². The second-order valence-electron chi connectivity index (χ2n) is 6.01. The quantitative estimate of drug-likeness (QED) is 0.788. The second kappa shape index (κ2) is 7.25. The van der Waals surface area contributed by atoms with E-state index in [1.807, 2.05) is 4.90 Å². The zero-order chi connectivity index (χ0) is 13.7. The smallest absolute Gasteiger partial charge is 0.236 e. The number of amides is 1. The number of nitrogens with zero attached hydrogens (tertiary/aromatic N) is 2. The van der Waals surface area contributed by atoms with E-state index in [-0.39, 0.29) is 0 Å². The van der Waals surface area contributed by atoms with E-state index in [4.69, 9.17) is 0 Å². The van der Waals surface area contributed by atoms with Gasteiger partial charge in [0.15, 0.2) is 0 Å². The molecule has 2 saturated heterocycles. The topological polar surface area (TPSA) is 35.6 Å². The molecule has 110 valence electrons. The molecule has 4 heteroatoms. The Bertz CT molecular complexity index is 289. The maximum absolute atomic E-state index is 12.4. The van der Waals surface area contributed by atoms with Crippen molar-refractivity contribution < 1.29 is 4.79 Å². The van der Waals surface area contributed by atoms with Crippen molar-refractivity contribution in [2.75, 3.05) is 39.3 Å². The molecule has 0 aromatic rings. The summed E-state index contributed by atoms with van der Waals surface area (Å²) >= 11 is 0. The first kappa shape index (κ1) is 14.8. The first-order valence-corrected chi connectivity index (χ1v) is 7.98. The van der Waals surface area contributed by atoms with Crippen molar-refractivity contribution >= 4 is 5.91 Å². The maximum Gasteiger partial charge on any atom is 0.236 e. The van der Waals surface area contributed by atoms with Crippen LogP contribution < -0.4 is 5.32 Å². The molecule has 1 amide bonds. The highest BCUT2D eigenvalue weighted by atomic mass is 16.2. The molecule has 2 aliphatic rings. The minimum absolute atomic E-state index is 0.327. The Morgan fingerprint density at radius 1 is 1.26 bits per heavy atom. The summed E-state index contributed by atoms with van der Waals surface area (Å²) in [5, 5.41) is 3.57. The van der Waals surface area contributed by atoms with Crippen molar-refractivity contribution in [2.45, 2.75) is 45.6 Å². The molecule has 1 N–H and O–H groups in total. The summed E-state index contributed by atoms with van der Waals surface area (Å²) in [5.74, 6) is 1.10. The lowest BCUT2D eigenvalue weighted by Crippen LogP contribution is -2.48. The first-order valence-electron chi connectivity index (χ1n) is 7.98. The van der Waals surface area contributed by atoms with Gasteiger partial charge in [-0.3, -0.25) is 9.69 Å². The van der Waals surface area contributed by atoms with E-state index >= 15 is 0 Å². The van der Waals surface area contributed by atoms with Crippen LogP contribution in [-0.2, 0) is 4.79 Å². The highest BCUT2D eigenvalue weighted by Crippen LogP contribution is 2.24. The zero-order valence-electron chi connectivity index (χ0n) is 12.5. The third-order valence-electron chi connectivity index (χ3n) is 4.44. The number of piperidine rings is 1. The Balaban J connectivity index is 1.80. The van der Waals surface area contributed by atoms with Gasteiger partial charge in [-0.05, 0) is 38.1 Å². The van der Waals surface area contributed by atoms with Crippen LogP contribution in [0.2, 0.25) is 0 Å². The molecular formula is C15H29N3O. The van der Waals surface area contributed by atoms with Crippen LogP contribution in [-0.4, -0.2) is 61.0 Å². The number of nitrogens with one attached hydrogen (secondary N) is 1. The van der Waals surface area contributed by atoms with Crippen molar-refractivity contribution in [3.05, 3.63) is 0 Å². The summed E-state index contributed by atoms with van der Waals surface area (Å²) in [6, 6.07) is 0.716. The summed E-state index contributed by atoms with van der Waals surface area (Å²) in [7, 11) is 0. The molecule has 0 aromatic heterocycles. The average Bonchev–Trinajstić information content (AvgIpc) is 2.86. The normalized spacial score (nSPS) is 27.3. The number of likely N-dealkylation sites (tertiary alicyclic amines) is 1. The molecule has 2 fully saturated rings. The van der Waals surface area contributed by atoms with Gasteiger partial charge in [-0.15, -0.1) is 0 Å².